The summed E-state index contributed by atoms with van der Waals surface area (Å²) in [6.45, 7) is 2.28. The molecule has 2 rings (SSSR count). The fourth-order valence-corrected chi connectivity index (χ4v) is 2.94. The molecule has 1 aliphatic carbocycles. The standard InChI is InChI=1S/C16H23NO3/c1-11-4-6-12(7-5-11)17(2)15-10-13(20-3)8-9-14(15)16(18)19/h8-12H,4-7H2,1-3H3,(H,18,19). The highest BCUT2D eigenvalue weighted by molar-refractivity contribution is 5.94. The fourth-order valence-electron chi connectivity index (χ4n) is 2.94. The average molecular weight is 277 g/mol. The van der Waals surface area contributed by atoms with Crippen molar-refractivity contribution in [2.24, 2.45) is 5.92 Å². The molecule has 0 saturated heterocycles. The maximum absolute atomic E-state index is 11.4. The van der Waals surface area contributed by atoms with Crippen molar-refractivity contribution < 1.29 is 14.6 Å². The van der Waals surface area contributed by atoms with Crippen molar-refractivity contribution in [2.75, 3.05) is 19.1 Å². The Kier molecular flexibility index (Phi) is 4.53. The number of aromatic carboxylic acids is 1. The minimum Gasteiger partial charge on any atom is -0.497 e. The van der Waals surface area contributed by atoms with Crippen LogP contribution in [0.5, 0.6) is 5.75 Å². The third-order valence-electron chi connectivity index (χ3n) is 4.35. The molecule has 0 spiro atoms. The Morgan fingerprint density at radius 3 is 2.50 bits per heavy atom. The van der Waals surface area contributed by atoms with Crippen molar-refractivity contribution in [1.82, 2.24) is 0 Å². The van der Waals surface area contributed by atoms with E-state index in [0.717, 1.165) is 24.4 Å². The number of carboxylic acids is 1. The molecule has 0 atom stereocenters. The van der Waals surface area contributed by atoms with Gasteiger partial charge in [-0.1, -0.05) is 6.92 Å². The van der Waals surface area contributed by atoms with Gasteiger partial charge in [-0.05, 0) is 43.7 Å². The molecule has 0 radical (unpaired) electrons. The SMILES string of the molecule is COc1ccc(C(=O)O)c(N(C)C2CCC(C)CC2)c1. The Hall–Kier alpha value is -1.71. The number of ether oxygens (including phenoxy) is 1. The molecule has 0 amide bonds. The number of methoxy groups -OCH3 is 1. The van der Waals surface area contributed by atoms with E-state index in [1.165, 1.54) is 12.8 Å². The van der Waals surface area contributed by atoms with E-state index in [9.17, 15) is 9.90 Å². The van der Waals surface area contributed by atoms with Gasteiger partial charge in [0.2, 0.25) is 0 Å². The molecule has 1 fully saturated rings. The predicted octanol–water partition coefficient (Wildman–Crippen LogP) is 3.41. The summed E-state index contributed by atoms with van der Waals surface area (Å²) in [5, 5.41) is 9.35. The topological polar surface area (TPSA) is 49.8 Å². The molecule has 20 heavy (non-hydrogen) atoms. The van der Waals surface area contributed by atoms with E-state index in [4.69, 9.17) is 4.74 Å². The van der Waals surface area contributed by atoms with Gasteiger partial charge in [-0.25, -0.2) is 4.79 Å². The zero-order chi connectivity index (χ0) is 14.7. The Morgan fingerprint density at radius 1 is 1.30 bits per heavy atom. The van der Waals surface area contributed by atoms with E-state index >= 15 is 0 Å². The number of anilines is 1. The van der Waals surface area contributed by atoms with E-state index in [-0.39, 0.29) is 0 Å². The first-order valence-electron chi connectivity index (χ1n) is 7.17. The Labute approximate surface area is 120 Å². The van der Waals surface area contributed by atoms with Crippen LogP contribution in [0.25, 0.3) is 0 Å². The molecule has 110 valence electrons. The molecule has 1 aliphatic rings. The van der Waals surface area contributed by atoms with Crippen molar-refractivity contribution in [1.29, 1.82) is 0 Å². The third kappa shape index (κ3) is 3.06. The normalized spacial score (nSPS) is 22.4. The molecular weight excluding hydrogens is 254 g/mol. The molecule has 0 aliphatic heterocycles. The van der Waals surface area contributed by atoms with E-state index in [2.05, 4.69) is 11.8 Å². The lowest BCUT2D eigenvalue weighted by atomic mass is 9.86. The monoisotopic (exact) mass is 277 g/mol. The molecule has 1 N–H and O–H groups in total. The Morgan fingerprint density at radius 2 is 1.95 bits per heavy atom. The smallest absolute Gasteiger partial charge is 0.337 e. The van der Waals surface area contributed by atoms with Gasteiger partial charge in [0.25, 0.3) is 0 Å². The molecular formula is C16H23NO3. The highest BCUT2D eigenvalue weighted by Crippen LogP contribution is 2.32. The van der Waals surface area contributed by atoms with Crippen LogP contribution in [-0.4, -0.2) is 31.3 Å². The lowest BCUT2D eigenvalue weighted by Crippen LogP contribution is -2.35. The molecule has 4 nitrogen and oxygen atoms in total. The number of carboxylic acid groups (broad SMARTS) is 1. The van der Waals surface area contributed by atoms with Crippen LogP contribution in [0, 0.1) is 5.92 Å². The molecule has 0 heterocycles. The first-order valence-corrected chi connectivity index (χ1v) is 7.17. The van der Waals surface area contributed by atoms with Crippen LogP contribution >= 0.6 is 0 Å². The molecule has 1 aromatic rings. The minimum atomic E-state index is -0.890. The van der Waals surface area contributed by atoms with Crippen LogP contribution in [0.15, 0.2) is 18.2 Å². The molecule has 1 saturated carbocycles. The van der Waals surface area contributed by atoms with Crippen molar-refractivity contribution in [2.45, 2.75) is 38.6 Å². The van der Waals surface area contributed by atoms with Crippen LogP contribution < -0.4 is 9.64 Å². The van der Waals surface area contributed by atoms with E-state index in [0.29, 0.717) is 17.4 Å². The van der Waals surface area contributed by atoms with Crippen LogP contribution in [-0.2, 0) is 0 Å². The number of benzene rings is 1. The zero-order valence-electron chi connectivity index (χ0n) is 12.4. The summed E-state index contributed by atoms with van der Waals surface area (Å²) in [7, 11) is 3.59. The summed E-state index contributed by atoms with van der Waals surface area (Å²) in [5.74, 6) is 0.587. The minimum absolute atomic E-state index is 0.340. The first-order chi connectivity index (χ1) is 9.52. The summed E-state index contributed by atoms with van der Waals surface area (Å²) in [4.78, 5) is 13.5. The lowest BCUT2D eigenvalue weighted by Gasteiger charge is -2.35. The zero-order valence-corrected chi connectivity index (χ0v) is 12.4. The quantitative estimate of drug-likeness (QED) is 0.916. The van der Waals surface area contributed by atoms with Gasteiger partial charge in [0.15, 0.2) is 0 Å². The van der Waals surface area contributed by atoms with Gasteiger partial charge in [0.05, 0.1) is 18.4 Å². The van der Waals surface area contributed by atoms with Gasteiger partial charge < -0.3 is 14.7 Å². The molecule has 4 heteroatoms. The van der Waals surface area contributed by atoms with Crippen molar-refractivity contribution in [3.8, 4) is 5.75 Å². The number of nitrogens with zero attached hydrogens (tertiary/aromatic N) is 1. The lowest BCUT2D eigenvalue weighted by molar-refractivity contribution is 0.0697. The number of carbonyl (C=O) groups is 1. The van der Waals surface area contributed by atoms with Gasteiger partial charge >= 0.3 is 5.97 Å². The Balaban J connectivity index is 2.27. The van der Waals surface area contributed by atoms with Crippen molar-refractivity contribution in [3.63, 3.8) is 0 Å². The van der Waals surface area contributed by atoms with Crippen LogP contribution in [0.1, 0.15) is 43.0 Å². The number of rotatable bonds is 4. The predicted molar refractivity (Wildman–Crippen MR) is 79.8 cm³/mol. The number of hydrogen-bond acceptors (Lipinski definition) is 3. The fraction of sp³-hybridized carbons (Fsp3) is 0.562. The van der Waals surface area contributed by atoms with Crippen LogP contribution in [0.2, 0.25) is 0 Å². The van der Waals surface area contributed by atoms with Crippen LogP contribution in [0.3, 0.4) is 0 Å². The third-order valence-corrected chi connectivity index (χ3v) is 4.35. The van der Waals surface area contributed by atoms with Crippen molar-refractivity contribution in [3.05, 3.63) is 23.8 Å². The Bertz CT molecular complexity index is 479. The average Bonchev–Trinajstić information content (AvgIpc) is 2.46. The second kappa shape index (κ2) is 6.16. The van der Waals surface area contributed by atoms with E-state index in [1.54, 1.807) is 19.2 Å². The van der Waals surface area contributed by atoms with Gasteiger partial charge in [-0.2, -0.15) is 0 Å². The van der Waals surface area contributed by atoms with Gasteiger partial charge in [0, 0.05) is 19.2 Å². The summed E-state index contributed by atoms with van der Waals surface area (Å²) >= 11 is 0. The maximum atomic E-state index is 11.4. The molecule has 0 bridgehead atoms. The molecule has 0 aromatic heterocycles. The van der Waals surface area contributed by atoms with Gasteiger partial charge in [-0.15, -0.1) is 0 Å². The molecule has 0 unspecified atom stereocenters. The summed E-state index contributed by atoms with van der Waals surface area (Å²) in [6, 6.07) is 5.56. The highest BCUT2D eigenvalue weighted by Gasteiger charge is 2.24. The molecule has 1 aromatic carbocycles. The maximum Gasteiger partial charge on any atom is 0.337 e. The summed E-state index contributed by atoms with van der Waals surface area (Å²) < 4.78 is 5.22. The first kappa shape index (κ1) is 14.7. The number of hydrogen-bond donors (Lipinski definition) is 1. The van der Waals surface area contributed by atoms with E-state index in [1.807, 2.05) is 13.1 Å². The van der Waals surface area contributed by atoms with Gasteiger partial charge in [-0.3, -0.25) is 0 Å². The van der Waals surface area contributed by atoms with Gasteiger partial charge in [0.1, 0.15) is 5.75 Å². The highest BCUT2D eigenvalue weighted by atomic mass is 16.5. The second-order valence-electron chi connectivity index (χ2n) is 5.71. The summed E-state index contributed by atoms with van der Waals surface area (Å²) in [5.41, 5.74) is 1.09. The van der Waals surface area contributed by atoms with E-state index < -0.39 is 5.97 Å². The summed E-state index contributed by atoms with van der Waals surface area (Å²) in [6.07, 6.45) is 4.66. The largest absolute Gasteiger partial charge is 0.497 e. The van der Waals surface area contributed by atoms with Crippen molar-refractivity contribution >= 4 is 11.7 Å². The second-order valence-corrected chi connectivity index (χ2v) is 5.71. The van der Waals surface area contributed by atoms with Crippen LogP contribution in [0.4, 0.5) is 5.69 Å².